The topological polar surface area (TPSA) is 116 Å². The molecule has 0 radical (unpaired) electrons. The van der Waals surface area contributed by atoms with Gasteiger partial charge in [0.15, 0.2) is 34.9 Å². The summed E-state index contributed by atoms with van der Waals surface area (Å²) >= 11 is 5.47. The van der Waals surface area contributed by atoms with E-state index in [0.717, 1.165) is 121 Å². The molecule has 0 aliphatic carbocycles. The number of aromatic nitrogens is 8. The van der Waals surface area contributed by atoms with Gasteiger partial charge in [-0.05, 0) is 111 Å². The first kappa shape index (κ1) is 70.2. The molecule has 0 N–H and O–H groups in total. The molecule has 0 aliphatic rings. The lowest BCUT2D eigenvalue weighted by Gasteiger charge is -2.12. The summed E-state index contributed by atoms with van der Waals surface area (Å²) in [5.41, 5.74) is 22.7. The van der Waals surface area contributed by atoms with Crippen LogP contribution < -0.4 is 0 Å². The molecule has 560 valence electrons. The van der Waals surface area contributed by atoms with E-state index in [1.165, 1.54) is 83.6 Å². The number of furan rings is 1. The maximum atomic E-state index is 6.19. The lowest BCUT2D eigenvalue weighted by molar-refractivity contribution is 0.669. The van der Waals surface area contributed by atoms with E-state index in [9.17, 15) is 0 Å². The second-order valence-electron chi connectivity index (χ2n) is 29.9. The summed E-state index contributed by atoms with van der Waals surface area (Å²) in [5.74, 6) is 3.80. The van der Waals surface area contributed by atoms with Crippen LogP contribution in [0.3, 0.4) is 0 Å². The van der Waals surface area contributed by atoms with Gasteiger partial charge in [-0.2, -0.15) is 0 Å². The number of para-hydroxylation sites is 1. The van der Waals surface area contributed by atoms with Crippen LogP contribution in [0.2, 0.25) is 0 Å². The van der Waals surface area contributed by atoms with Gasteiger partial charge in [-0.25, -0.2) is 39.9 Å². The lowest BCUT2D eigenvalue weighted by Crippen LogP contribution is -2.00. The molecule has 0 fully saturated rings. The average molecular weight is 1590 g/mol. The molecule has 12 heteroatoms. The third-order valence-corrected chi connectivity index (χ3v) is 26.2. The van der Waals surface area contributed by atoms with E-state index in [0.29, 0.717) is 34.9 Å². The van der Waals surface area contributed by atoms with Gasteiger partial charge in [0.05, 0.1) is 31.8 Å². The molecular formula is C108H64N8OS3. The molecule has 16 aromatic carbocycles. The highest BCUT2D eigenvalue weighted by atomic mass is 32.1. The van der Waals surface area contributed by atoms with Crippen LogP contribution in [0, 0.1) is 0 Å². The number of thiophene rings is 3. The Balaban J connectivity index is 0.000000140. The van der Waals surface area contributed by atoms with Crippen molar-refractivity contribution in [2.24, 2.45) is 0 Å². The summed E-state index contributed by atoms with van der Waals surface area (Å²) < 4.78 is 13.6. The monoisotopic (exact) mass is 1580 g/mol. The molecule has 0 unspecified atom stereocenters. The van der Waals surface area contributed by atoms with Crippen molar-refractivity contribution in [3.05, 3.63) is 388 Å². The predicted molar refractivity (Wildman–Crippen MR) is 501 cm³/mol. The molecule has 0 saturated carbocycles. The first-order valence-electron chi connectivity index (χ1n) is 39.9. The van der Waals surface area contributed by atoms with Crippen molar-refractivity contribution in [1.82, 2.24) is 39.9 Å². The Bertz CT molecular complexity index is 8040. The standard InChI is InChI=1S/C54H32N4OS.C54H32N4S2/c1-3-12-36(13-4-1)52-56-53(37-14-5-2-6-15-37)58-54(57-52)38-28-26-35(27-29-38)50-51-49(42-17-8-10-21-47(42)60-51)43-32-39(30-31-44(43)55-50)33-22-24-34(25-23-33)40-18-11-20-46-48(40)41-16-7-9-19-45(41)59-46;1-3-14-33(15-4-1)52-56-53(34-16-5-2-6-17-34)58-54(57-52)39-21-12-20-38(31-39)49-51-48(43-23-8-10-27-47(43)60-51)44-32-36(28-29-45(44)55-49)35-18-11-19-37(30-35)40-24-13-25-42-41-22-7-9-26-46(41)59-50(40)42/h2*1-32H. The van der Waals surface area contributed by atoms with Crippen LogP contribution in [-0.4, -0.2) is 39.9 Å². The van der Waals surface area contributed by atoms with E-state index in [2.05, 4.69) is 249 Å². The fourth-order valence-corrected chi connectivity index (χ4v) is 20.6. The Morgan fingerprint density at radius 2 is 0.517 bits per heavy atom. The molecule has 0 atom stereocenters. The van der Waals surface area contributed by atoms with E-state index in [-0.39, 0.29) is 0 Å². The van der Waals surface area contributed by atoms with E-state index in [4.69, 9.17) is 44.3 Å². The van der Waals surface area contributed by atoms with Gasteiger partial charge >= 0.3 is 0 Å². The Kier molecular flexibility index (Phi) is 17.3. The van der Waals surface area contributed by atoms with Crippen LogP contribution >= 0.6 is 34.0 Å². The summed E-state index contributed by atoms with van der Waals surface area (Å²) in [6.45, 7) is 0. The number of rotatable bonds is 12. The number of benzene rings is 16. The first-order chi connectivity index (χ1) is 59.4. The third-order valence-electron chi connectivity index (χ3n) is 22.7. The van der Waals surface area contributed by atoms with Crippen LogP contribution in [-0.2, 0) is 0 Å². The van der Waals surface area contributed by atoms with Gasteiger partial charge in [0.2, 0.25) is 0 Å². The molecule has 0 aliphatic heterocycles. The number of hydrogen-bond donors (Lipinski definition) is 0. The van der Waals surface area contributed by atoms with E-state index >= 15 is 0 Å². The molecule has 0 spiro atoms. The zero-order chi connectivity index (χ0) is 79.1. The fourth-order valence-electron chi connectivity index (χ4n) is 16.9. The summed E-state index contributed by atoms with van der Waals surface area (Å²) in [6.07, 6.45) is 0. The summed E-state index contributed by atoms with van der Waals surface area (Å²) in [4.78, 5) is 40.6. The molecule has 0 amide bonds. The van der Waals surface area contributed by atoms with Gasteiger partial charge in [-0.15, -0.1) is 34.0 Å². The maximum Gasteiger partial charge on any atom is 0.164 e. The molecule has 120 heavy (non-hydrogen) atoms. The predicted octanol–water partition coefficient (Wildman–Crippen LogP) is 29.8. The van der Waals surface area contributed by atoms with Gasteiger partial charge in [-0.1, -0.05) is 322 Å². The number of fused-ring (bicyclic) bond motifs is 16. The van der Waals surface area contributed by atoms with Crippen LogP contribution in [0.5, 0.6) is 0 Å². The number of hydrogen-bond acceptors (Lipinski definition) is 12. The molecule has 0 saturated heterocycles. The van der Waals surface area contributed by atoms with E-state index in [1.54, 1.807) is 22.7 Å². The van der Waals surface area contributed by atoms with Crippen LogP contribution in [0.25, 0.3) is 240 Å². The van der Waals surface area contributed by atoms with E-state index < -0.39 is 0 Å². The van der Waals surface area contributed by atoms with Gasteiger partial charge in [-0.3, -0.25) is 0 Å². The fraction of sp³-hybridized carbons (Fsp3) is 0. The Morgan fingerprint density at radius 1 is 0.175 bits per heavy atom. The van der Waals surface area contributed by atoms with Crippen LogP contribution in [0.4, 0.5) is 0 Å². The Hall–Kier alpha value is -15.2. The summed E-state index contributed by atoms with van der Waals surface area (Å²) in [6, 6.07) is 136. The molecule has 9 nitrogen and oxygen atoms in total. The molecule has 24 aromatic rings. The minimum Gasteiger partial charge on any atom is -0.456 e. The first-order valence-corrected chi connectivity index (χ1v) is 42.4. The van der Waals surface area contributed by atoms with Gasteiger partial charge in [0.1, 0.15) is 11.2 Å². The van der Waals surface area contributed by atoms with Gasteiger partial charge in [0.25, 0.3) is 0 Å². The third kappa shape index (κ3) is 12.6. The second kappa shape index (κ2) is 29.5. The van der Waals surface area contributed by atoms with Crippen LogP contribution in [0.1, 0.15) is 0 Å². The van der Waals surface area contributed by atoms with Crippen LogP contribution in [0.15, 0.2) is 393 Å². The molecule has 8 aromatic heterocycles. The molecular weight excluding hydrogens is 1520 g/mol. The smallest absolute Gasteiger partial charge is 0.164 e. The van der Waals surface area contributed by atoms with Crippen molar-refractivity contribution in [3.8, 4) is 135 Å². The van der Waals surface area contributed by atoms with Crippen molar-refractivity contribution in [3.63, 3.8) is 0 Å². The maximum absolute atomic E-state index is 6.19. The van der Waals surface area contributed by atoms with Gasteiger partial charge < -0.3 is 4.42 Å². The lowest BCUT2D eigenvalue weighted by atomic mass is 9.95. The van der Waals surface area contributed by atoms with Crippen molar-refractivity contribution in [2.75, 3.05) is 0 Å². The Morgan fingerprint density at radius 3 is 1.07 bits per heavy atom. The SMILES string of the molecule is c1ccc(-c2nc(-c3ccccc3)nc(-c3ccc(-c4nc5ccc(-c6ccc(-c7cccc8oc9ccccc9c78)cc6)cc5c5c4sc4ccccc45)cc3)n2)cc1.c1ccc(-c2nc(-c3ccccc3)nc(-c3cccc(-c4nc5ccc(-c6cccc(-c7cccc8c7sc7ccccc78)c6)cc5c5c4sc4ccccc45)c3)n2)cc1. The number of nitrogens with zero attached hydrogens (tertiary/aromatic N) is 8. The minimum absolute atomic E-state index is 0.619. The minimum atomic E-state index is 0.619. The highest BCUT2D eigenvalue weighted by Gasteiger charge is 2.24. The van der Waals surface area contributed by atoms with Crippen molar-refractivity contribution < 1.29 is 4.42 Å². The molecule has 24 rings (SSSR count). The second-order valence-corrected chi connectivity index (χ2v) is 33.1. The zero-order valence-corrected chi connectivity index (χ0v) is 66.6. The van der Waals surface area contributed by atoms with Crippen molar-refractivity contribution in [2.45, 2.75) is 0 Å². The summed E-state index contributed by atoms with van der Waals surface area (Å²) in [7, 11) is 0. The highest BCUT2D eigenvalue weighted by Crippen LogP contribution is 2.48. The van der Waals surface area contributed by atoms with Crippen molar-refractivity contribution in [1.29, 1.82) is 0 Å². The normalized spacial score (nSPS) is 11.7. The van der Waals surface area contributed by atoms with E-state index in [1.807, 2.05) is 151 Å². The Labute approximate surface area is 700 Å². The summed E-state index contributed by atoms with van der Waals surface area (Å²) in [5, 5.41) is 12.1. The van der Waals surface area contributed by atoms with Crippen molar-refractivity contribution >= 4 is 138 Å². The molecule has 8 heterocycles. The average Bonchev–Trinajstić information content (AvgIpc) is 1.55. The molecule has 0 bridgehead atoms. The van der Waals surface area contributed by atoms with Gasteiger partial charge in [0, 0.05) is 117 Å². The highest BCUT2D eigenvalue weighted by molar-refractivity contribution is 7.27. The largest absolute Gasteiger partial charge is 0.456 e. The zero-order valence-electron chi connectivity index (χ0n) is 64.2. The number of pyridine rings is 2. The quantitative estimate of drug-likeness (QED) is 0.118.